The number of nitrogens with one attached hydrogen (secondary N) is 1. The first-order valence-corrected chi connectivity index (χ1v) is 14.8. The lowest BCUT2D eigenvalue weighted by atomic mass is 9.81. The number of halogens is 4. The molecule has 0 unspecified atom stereocenters. The number of hydrogen-bond acceptors (Lipinski definition) is 6. The molecule has 1 N–H and O–H groups in total. The molecular formula is C28H40ClF3N4O3S. The molecule has 1 fully saturated rings. The maximum atomic E-state index is 13.1. The van der Waals surface area contributed by atoms with Crippen molar-refractivity contribution in [2.45, 2.75) is 84.1 Å². The Morgan fingerprint density at radius 2 is 1.80 bits per heavy atom. The van der Waals surface area contributed by atoms with E-state index in [-0.39, 0.29) is 73.7 Å². The summed E-state index contributed by atoms with van der Waals surface area (Å²) in [5, 5.41) is 2.81. The number of fused-ring (bicyclic) bond motifs is 1. The van der Waals surface area contributed by atoms with Crippen molar-refractivity contribution < 1.29 is 26.4 Å². The highest BCUT2D eigenvalue weighted by atomic mass is 35.5. The predicted octanol–water partition coefficient (Wildman–Crippen LogP) is 6.14. The third kappa shape index (κ3) is 7.73. The van der Waals surface area contributed by atoms with Crippen LogP contribution in [0.2, 0.25) is 0 Å². The Morgan fingerprint density at radius 3 is 2.35 bits per heavy atom. The minimum absolute atomic E-state index is 0. The van der Waals surface area contributed by atoms with E-state index in [9.17, 15) is 26.4 Å². The lowest BCUT2D eigenvalue weighted by Crippen LogP contribution is -2.35. The fraction of sp³-hybridized carbons (Fsp3) is 0.607. The van der Waals surface area contributed by atoms with Crippen molar-refractivity contribution in [1.29, 1.82) is 0 Å². The highest BCUT2D eigenvalue weighted by Gasteiger charge is 2.42. The normalized spacial score (nSPS) is 21.3. The lowest BCUT2D eigenvalue weighted by molar-refractivity contribution is -0.184. The van der Waals surface area contributed by atoms with Gasteiger partial charge in [-0.2, -0.15) is 13.2 Å². The van der Waals surface area contributed by atoms with Crippen molar-refractivity contribution >= 4 is 28.2 Å². The van der Waals surface area contributed by atoms with Gasteiger partial charge in [0.25, 0.3) is 5.91 Å². The van der Waals surface area contributed by atoms with E-state index in [1.165, 1.54) is 12.3 Å². The number of sulfone groups is 1. The molecule has 0 saturated heterocycles. The molecule has 4 rings (SSSR count). The van der Waals surface area contributed by atoms with Gasteiger partial charge in [0.05, 0.1) is 46.1 Å². The van der Waals surface area contributed by atoms with E-state index in [2.05, 4.69) is 34.0 Å². The van der Waals surface area contributed by atoms with Crippen molar-refractivity contribution in [3.63, 3.8) is 0 Å². The summed E-state index contributed by atoms with van der Waals surface area (Å²) >= 11 is 0. The lowest BCUT2D eigenvalue weighted by Gasteiger charge is -2.35. The van der Waals surface area contributed by atoms with Crippen LogP contribution in [0.1, 0.15) is 87.2 Å². The molecular weight excluding hydrogens is 565 g/mol. The molecule has 1 aliphatic carbocycles. The summed E-state index contributed by atoms with van der Waals surface area (Å²) in [4.78, 5) is 24.1. The molecule has 3 heterocycles. The Morgan fingerprint density at radius 1 is 1.12 bits per heavy atom. The maximum absolute atomic E-state index is 13.1. The minimum Gasteiger partial charge on any atom is -0.346 e. The molecule has 12 heteroatoms. The molecule has 7 nitrogen and oxygen atoms in total. The molecule has 0 aromatic carbocycles. The summed E-state index contributed by atoms with van der Waals surface area (Å²) in [6.45, 7) is 7.27. The van der Waals surface area contributed by atoms with Gasteiger partial charge in [0, 0.05) is 25.5 Å². The van der Waals surface area contributed by atoms with Crippen molar-refractivity contribution in [3.8, 4) is 0 Å². The van der Waals surface area contributed by atoms with Gasteiger partial charge in [-0.25, -0.2) is 8.42 Å². The van der Waals surface area contributed by atoms with Gasteiger partial charge in [-0.05, 0) is 61.3 Å². The molecule has 40 heavy (non-hydrogen) atoms. The Hall–Kier alpha value is -2.24. The van der Waals surface area contributed by atoms with Crippen LogP contribution in [0.15, 0.2) is 35.5 Å². The average Bonchev–Trinajstić information content (AvgIpc) is 3.24. The summed E-state index contributed by atoms with van der Waals surface area (Å²) in [5.74, 6) is -1.02. The van der Waals surface area contributed by atoms with Gasteiger partial charge in [0.2, 0.25) is 0 Å². The van der Waals surface area contributed by atoms with Crippen LogP contribution in [0.5, 0.6) is 0 Å². The number of carbonyl (C=O) groups is 1. The van der Waals surface area contributed by atoms with Crippen molar-refractivity contribution in [1.82, 2.24) is 20.2 Å². The Labute approximate surface area is 241 Å². The standard InChI is InChI=1S/C27H35F3N4O3S.CH4.ClH/c1-4-38(36,37)23-10-9-22(31-14-23)13-33-26(35)19-11-20-16-34(25(17(2)3)24(20)32-12-19)15-18-5-7-21(8-6-18)27(28,29)30;;/h9-12,14,17-18,21,25H,4-8,13,15-16H2,1-3H3,(H,33,35);1H4;1H/t18?,21?,25-;;/m0../s1. The number of carbonyl (C=O) groups excluding carboxylic acids is 1. The zero-order valence-corrected chi connectivity index (χ0v) is 24.0. The van der Waals surface area contributed by atoms with Crippen LogP contribution in [0.25, 0.3) is 0 Å². The zero-order valence-electron chi connectivity index (χ0n) is 22.4. The molecule has 0 radical (unpaired) electrons. The van der Waals surface area contributed by atoms with Crippen LogP contribution in [0.4, 0.5) is 13.2 Å². The number of nitrogens with zero attached hydrogens (tertiary/aromatic N) is 3. The van der Waals surface area contributed by atoms with Crippen LogP contribution >= 0.6 is 12.4 Å². The first-order valence-electron chi connectivity index (χ1n) is 13.1. The van der Waals surface area contributed by atoms with E-state index in [0.29, 0.717) is 30.6 Å². The smallest absolute Gasteiger partial charge is 0.346 e. The Kier molecular flexibility index (Phi) is 11.6. The van der Waals surface area contributed by atoms with Gasteiger partial charge in [0.15, 0.2) is 9.84 Å². The molecule has 1 aliphatic heterocycles. The second-order valence-electron chi connectivity index (χ2n) is 10.7. The van der Waals surface area contributed by atoms with Crippen molar-refractivity contribution in [3.05, 3.63) is 53.1 Å². The van der Waals surface area contributed by atoms with E-state index in [0.717, 1.165) is 17.8 Å². The van der Waals surface area contributed by atoms with Gasteiger partial charge in [-0.1, -0.05) is 28.2 Å². The van der Waals surface area contributed by atoms with Gasteiger partial charge in [0.1, 0.15) is 0 Å². The van der Waals surface area contributed by atoms with E-state index in [1.54, 1.807) is 19.2 Å². The van der Waals surface area contributed by atoms with Crippen LogP contribution in [0.3, 0.4) is 0 Å². The quantitative estimate of drug-likeness (QED) is 0.389. The zero-order chi connectivity index (χ0) is 27.7. The number of pyridine rings is 2. The summed E-state index contributed by atoms with van der Waals surface area (Å²) in [5.41, 5.74) is 2.85. The van der Waals surface area contributed by atoms with Crippen LogP contribution < -0.4 is 5.32 Å². The maximum Gasteiger partial charge on any atom is 0.391 e. The SMILES string of the molecule is C.CCS(=O)(=O)c1ccc(CNC(=O)c2cnc3c(c2)CN(CC2CCC(C(F)(F)F)CC2)[C@H]3C(C)C)nc1.Cl. The number of hydrogen-bond donors (Lipinski definition) is 1. The van der Waals surface area contributed by atoms with Crippen molar-refractivity contribution in [2.24, 2.45) is 17.8 Å². The number of aromatic nitrogens is 2. The summed E-state index contributed by atoms with van der Waals surface area (Å²) in [6, 6.07) is 4.97. The van der Waals surface area contributed by atoms with Crippen LogP contribution in [-0.4, -0.2) is 47.7 Å². The monoisotopic (exact) mass is 604 g/mol. The summed E-state index contributed by atoms with van der Waals surface area (Å²) in [7, 11) is -3.34. The number of alkyl halides is 3. The third-order valence-corrected chi connectivity index (χ3v) is 9.43. The van der Waals surface area contributed by atoms with Gasteiger partial charge < -0.3 is 5.32 Å². The fourth-order valence-corrected chi connectivity index (χ4v) is 6.41. The molecule has 1 amide bonds. The molecule has 224 valence electrons. The van der Waals surface area contributed by atoms with E-state index in [1.807, 2.05) is 6.07 Å². The van der Waals surface area contributed by atoms with Crippen molar-refractivity contribution in [2.75, 3.05) is 12.3 Å². The molecule has 0 spiro atoms. The first kappa shape index (κ1) is 34.0. The summed E-state index contributed by atoms with van der Waals surface area (Å²) < 4.78 is 63.1. The molecule has 2 aromatic rings. The minimum atomic E-state index is -4.11. The molecule has 0 bridgehead atoms. The predicted molar refractivity (Wildman–Crippen MR) is 151 cm³/mol. The van der Waals surface area contributed by atoms with E-state index >= 15 is 0 Å². The topological polar surface area (TPSA) is 92.3 Å². The molecule has 1 saturated carbocycles. The fourth-order valence-electron chi connectivity index (χ4n) is 5.59. The first-order chi connectivity index (χ1) is 17.9. The average molecular weight is 605 g/mol. The number of amides is 1. The van der Waals surface area contributed by atoms with Crippen LogP contribution in [0, 0.1) is 17.8 Å². The molecule has 1 atom stereocenters. The molecule has 2 aliphatic rings. The Balaban J connectivity index is 0.00000280. The van der Waals surface area contributed by atoms with E-state index < -0.39 is 21.9 Å². The third-order valence-electron chi connectivity index (χ3n) is 7.71. The van der Waals surface area contributed by atoms with E-state index in [4.69, 9.17) is 0 Å². The van der Waals surface area contributed by atoms with Gasteiger partial charge in [-0.15, -0.1) is 12.4 Å². The second kappa shape index (κ2) is 13.6. The van der Waals surface area contributed by atoms with Crippen LogP contribution in [-0.2, 0) is 22.9 Å². The molecule has 2 aromatic heterocycles. The second-order valence-corrected chi connectivity index (χ2v) is 13.0. The number of rotatable bonds is 8. The van der Waals surface area contributed by atoms with Gasteiger partial charge >= 0.3 is 6.18 Å². The highest BCUT2D eigenvalue weighted by Crippen LogP contribution is 2.43. The Bertz CT molecular complexity index is 1250. The highest BCUT2D eigenvalue weighted by molar-refractivity contribution is 7.91. The summed E-state index contributed by atoms with van der Waals surface area (Å²) in [6.07, 6.45) is 0.279. The van der Waals surface area contributed by atoms with Gasteiger partial charge in [-0.3, -0.25) is 19.7 Å². The largest absolute Gasteiger partial charge is 0.391 e.